The largest absolute Gasteiger partial charge is 0.495 e. The molecule has 0 aliphatic heterocycles. The molecule has 0 fully saturated rings. The predicted octanol–water partition coefficient (Wildman–Crippen LogP) is 5.45. The van der Waals surface area contributed by atoms with Gasteiger partial charge in [0, 0.05) is 23.3 Å². The van der Waals surface area contributed by atoms with Crippen molar-refractivity contribution in [3.05, 3.63) is 73.1 Å². The van der Waals surface area contributed by atoms with Gasteiger partial charge in [0.25, 0.3) is 0 Å². The number of ether oxygens (including phenoxy) is 1. The Bertz CT molecular complexity index is 1340. The summed E-state index contributed by atoms with van der Waals surface area (Å²) in [7, 11) is 1.64. The van der Waals surface area contributed by atoms with Crippen molar-refractivity contribution in [1.82, 2.24) is 25.1 Å². The standard InChI is InChI=1S/C22H16N6OS2/c1-29-18-11-5-4-10-17(18)25-21-27-28-22(31-21)30-20-15-8-2-3-9-16(15)24-19(26-20)14-7-6-12-23-13-14/h2-13H,1H3,(H,25,27). The first-order chi connectivity index (χ1) is 15.3. The summed E-state index contributed by atoms with van der Waals surface area (Å²) in [5.74, 6) is 1.38. The minimum Gasteiger partial charge on any atom is -0.495 e. The van der Waals surface area contributed by atoms with Gasteiger partial charge >= 0.3 is 0 Å². The highest BCUT2D eigenvalue weighted by molar-refractivity contribution is 8.01. The van der Waals surface area contributed by atoms with Crippen molar-refractivity contribution in [2.75, 3.05) is 12.4 Å². The number of hydrogen-bond acceptors (Lipinski definition) is 9. The van der Waals surface area contributed by atoms with Crippen LogP contribution in [-0.4, -0.2) is 32.3 Å². The normalized spacial score (nSPS) is 10.9. The van der Waals surface area contributed by atoms with E-state index in [-0.39, 0.29) is 0 Å². The first kappa shape index (κ1) is 19.4. The molecular formula is C22H16N6OS2. The number of fused-ring (bicyclic) bond motifs is 1. The van der Waals surface area contributed by atoms with E-state index in [4.69, 9.17) is 14.7 Å². The molecule has 0 aliphatic rings. The summed E-state index contributed by atoms with van der Waals surface area (Å²) < 4.78 is 6.17. The molecule has 1 N–H and O–H groups in total. The third kappa shape index (κ3) is 4.18. The summed E-state index contributed by atoms with van der Waals surface area (Å²) in [4.78, 5) is 13.7. The van der Waals surface area contributed by atoms with E-state index in [0.717, 1.165) is 37.3 Å². The second-order valence-corrected chi connectivity index (χ2v) is 8.63. The highest BCUT2D eigenvalue weighted by Crippen LogP contribution is 2.37. The third-order valence-corrected chi connectivity index (χ3v) is 6.32. The zero-order valence-electron chi connectivity index (χ0n) is 16.4. The molecular weight excluding hydrogens is 428 g/mol. The molecule has 0 aliphatic carbocycles. The van der Waals surface area contributed by atoms with E-state index in [1.165, 1.54) is 23.1 Å². The van der Waals surface area contributed by atoms with E-state index in [1.807, 2.05) is 60.7 Å². The number of pyridine rings is 1. The molecule has 5 aromatic rings. The molecule has 0 saturated heterocycles. The highest BCUT2D eigenvalue weighted by Gasteiger charge is 2.14. The van der Waals surface area contributed by atoms with Gasteiger partial charge in [0.05, 0.1) is 18.3 Å². The van der Waals surface area contributed by atoms with E-state index in [1.54, 1.807) is 19.5 Å². The molecule has 31 heavy (non-hydrogen) atoms. The van der Waals surface area contributed by atoms with Crippen molar-refractivity contribution < 1.29 is 4.74 Å². The number of para-hydroxylation sites is 3. The van der Waals surface area contributed by atoms with E-state index < -0.39 is 0 Å². The number of rotatable bonds is 6. The summed E-state index contributed by atoms with van der Waals surface area (Å²) in [5.41, 5.74) is 2.57. The van der Waals surface area contributed by atoms with E-state index in [0.29, 0.717) is 11.0 Å². The molecule has 7 nitrogen and oxygen atoms in total. The number of anilines is 2. The van der Waals surface area contributed by atoms with Crippen LogP contribution in [0.4, 0.5) is 10.8 Å². The Kier molecular flexibility index (Phi) is 5.42. The molecule has 152 valence electrons. The molecule has 2 aromatic carbocycles. The van der Waals surface area contributed by atoms with Gasteiger partial charge in [-0.1, -0.05) is 41.7 Å². The predicted molar refractivity (Wildman–Crippen MR) is 123 cm³/mol. The zero-order chi connectivity index (χ0) is 21.0. The molecule has 0 unspecified atom stereocenters. The van der Waals surface area contributed by atoms with E-state index in [9.17, 15) is 0 Å². The van der Waals surface area contributed by atoms with Gasteiger partial charge in [-0.05, 0) is 42.1 Å². The average Bonchev–Trinajstić information content (AvgIpc) is 3.26. The van der Waals surface area contributed by atoms with Gasteiger partial charge in [0.1, 0.15) is 10.8 Å². The van der Waals surface area contributed by atoms with Gasteiger partial charge in [0.2, 0.25) is 5.13 Å². The van der Waals surface area contributed by atoms with Gasteiger partial charge in [-0.3, -0.25) is 4.98 Å². The van der Waals surface area contributed by atoms with Gasteiger partial charge < -0.3 is 10.1 Å². The van der Waals surface area contributed by atoms with Crippen LogP contribution in [0.15, 0.2) is 82.4 Å². The van der Waals surface area contributed by atoms with Crippen molar-refractivity contribution in [1.29, 1.82) is 0 Å². The fourth-order valence-electron chi connectivity index (χ4n) is 3.00. The second-order valence-electron chi connectivity index (χ2n) is 6.41. The quantitative estimate of drug-likeness (QED) is 0.346. The lowest BCUT2D eigenvalue weighted by molar-refractivity contribution is 0.417. The van der Waals surface area contributed by atoms with Crippen molar-refractivity contribution in [3.8, 4) is 17.1 Å². The minimum absolute atomic E-state index is 0.631. The molecule has 0 amide bonds. The van der Waals surface area contributed by atoms with Gasteiger partial charge in [0.15, 0.2) is 10.2 Å². The zero-order valence-corrected chi connectivity index (χ0v) is 18.0. The monoisotopic (exact) mass is 444 g/mol. The Morgan fingerprint density at radius 2 is 1.81 bits per heavy atom. The van der Waals surface area contributed by atoms with E-state index >= 15 is 0 Å². The lowest BCUT2D eigenvalue weighted by Crippen LogP contribution is -1.94. The molecule has 0 spiro atoms. The fourth-order valence-corrected chi connectivity index (χ4v) is 4.79. The van der Waals surface area contributed by atoms with Crippen LogP contribution >= 0.6 is 23.1 Å². The van der Waals surface area contributed by atoms with Crippen molar-refractivity contribution in [2.24, 2.45) is 0 Å². The molecule has 5 rings (SSSR count). The molecule has 9 heteroatoms. The minimum atomic E-state index is 0.631. The average molecular weight is 445 g/mol. The second kappa shape index (κ2) is 8.66. The summed E-state index contributed by atoms with van der Waals surface area (Å²) in [6.45, 7) is 0. The number of benzene rings is 2. The lowest BCUT2D eigenvalue weighted by atomic mass is 10.2. The Labute approximate surface area is 186 Å². The number of nitrogens with one attached hydrogen (secondary N) is 1. The van der Waals surface area contributed by atoms with Crippen LogP contribution < -0.4 is 10.1 Å². The van der Waals surface area contributed by atoms with E-state index in [2.05, 4.69) is 20.5 Å². The van der Waals surface area contributed by atoms with Gasteiger partial charge in [-0.25, -0.2) is 9.97 Å². The molecule has 3 aromatic heterocycles. The number of hydrogen-bond donors (Lipinski definition) is 1. The van der Waals surface area contributed by atoms with Crippen molar-refractivity contribution in [3.63, 3.8) is 0 Å². The fraction of sp³-hybridized carbons (Fsp3) is 0.0455. The molecule has 0 radical (unpaired) electrons. The van der Waals surface area contributed by atoms with Crippen LogP contribution in [-0.2, 0) is 0 Å². The number of aromatic nitrogens is 5. The first-order valence-corrected chi connectivity index (χ1v) is 11.0. The number of nitrogens with zero attached hydrogens (tertiary/aromatic N) is 5. The maximum absolute atomic E-state index is 5.39. The number of methoxy groups -OCH3 is 1. The van der Waals surface area contributed by atoms with Gasteiger partial charge in [-0.2, -0.15) is 0 Å². The van der Waals surface area contributed by atoms with Crippen LogP contribution in [0.2, 0.25) is 0 Å². The van der Waals surface area contributed by atoms with Crippen molar-refractivity contribution >= 4 is 44.8 Å². The van der Waals surface area contributed by atoms with Crippen LogP contribution in [0, 0.1) is 0 Å². The van der Waals surface area contributed by atoms with Crippen LogP contribution in [0.3, 0.4) is 0 Å². The SMILES string of the molecule is COc1ccccc1Nc1nnc(Sc2nc(-c3cccnc3)nc3ccccc23)s1. The van der Waals surface area contributed by atoms with Crippen LogP contribution in [0.1, 0.15) is 0 Å². The summed E-state index contributed by atoms with van der Waals surface area (Å²) in [6.07, 6.45) is 3.50. The molecule has 3 heterocycles. The maximum atomic E-state index is 5.39. The Morgan fingerprint density at radius 1 is 0.935 bits per heavy atom. The van der Waals surface area contributed by atoms with Crippen LogP contribution in [0.5, 0.6) is 5.75 Å². The molecule has 0 bridgehead atoms. The molecule has 0 saturated carbocycles. The lowest BCUT2D eigenvalue weighted by Gasteiger charge is -2.07. The Hall–Kier alpha value is -3.56. The van der Waals surface area contributed by atoms with Gasteiger partial charge in [-0.15, -0.1) is 10.2 Å². The molecule has 0 atom stereocenters. The highest BCUT2D eigenvalue weighted by atomic mass is 32.2. The Balaban J connectivity index is 1.47. The summed E-state index contributed by atoms with van der Waals surface area (Å²) in [5, 5.41) is 14.3. The maximum Gasteiger partial charge on any atom is 0.211 e. The first-order valence-electron chi connectivity index (χ1n) is 9.39. The third-order valence-electron chi connectivity index (χ3n) is 4.43. The van der Waals surface area contributed by atoms with Crippen LogP contribution in [0.25, 0.3) is 22.3 Å². The summed E-state index contributed by atoms with van der Waals surface area (Å²) >= 11 is 2.92. The summed E-state index contributed by atoms with van der Waals surface area (Å²) in [6, 6.07) is 19.5. The van der Waals surface area contributed by atoms with Crippen molar-refractivity contribution in [2.45, 2.75) is 9.37 Å². The topological polar surface area (TPSA) is 85.7 Å². The smallest absolute Gasteiger partial charge is 0.211 e. The Morgan fingerprint density at radius 3 is 2.68 bits per heavy atom.